The van der Waals surface area contributed by atoms with E-state index in [0.29, 0.717) is 0 Å². The number of hydrogen-bond acceptors (Lipinski definition) is 3. The highest BCUT2D eigenvalue weighted by atomic mass is 32.2. The van der Waals surface area contributed by atoms with Crippen LogP contribution in [0.5, 0.6) is 0 Å². The highest BCUT2D eigenvalue weighted by molar-refractivity contribution is 7.90. The number of hydrogen-bond donors (Lipinski definition) is 2. The molecule has 0 aliphatic rings. The van der Waals surface area contributed by atoms with E-state index in [1.165, 1.54) is 20.8 Å². The van der Waals surface area contributed by atoms with Crippen molar-refractivity contribution in [1.29, 1.82) is 0 Å². The first-order valence-electron chi connectivity index (χ1n) is 4.10. The Balaban J connectivity index is 5.16. The van der Waals surface area contributed by atoms with Gasteiger partial charge in [-0.05, 0) is 5.41 Å². The Morgan fingerprint density at radius 2 is 1.62 bits per heavy atom. The van der Waals surface area contributed by atoms with Crippen molar-refractivity contribution in [2.24, 2.45) is 5.41 Å². The van der Waals surface area contributed by atoms with E-state index in [9.17, 15) is 26.4 Å². The van der Waals surface area contributed by atoms with Gasteiger partial charge in [-0.2, -0.15) is 17.9 Å². The van der Waals surface area contributed by atoms with Crippen LogP contribution in [-0.4, -0.2) is 31.0 Å². The molecule has 0 fully saturated rings. The molecule has 0 aromatic carbocycles. The zero-order chi connectivity index (χ0) is 13.4. The first-order valence-corrected chi connectivity index (χ1v) is 5.59. The number of sulfonamides is 1. The van der Waals surface area contributed by atoms with Gasteiger partial charge in [-0.1, -0.05) is 20.8 Å². The smallest absolute Gasteiger partial charge is 0.480 e. The zero-order valence-electron chi connectivity index (χ0n) is 8.79. The molecule has 0 spiro atoms. The van der Waals surface area contributed by atoms with Crippen molar-refractivity contribution in [2.75, 3.05) is 0 Å². The van der Waals surface area contributed by atoms with E-state index in [1.807, 2.05) is 0 Å². The normalized spacial score (nSPS) is 15.9. The molecule has 5 nitrogen and oxygen atoms in total. The molecule has 0 bridgehead atoms. The van der Waals surface area contributed by atoms with Crippen LogP contribution in [0.2, 0.25) is 0 Å². The molecule has 0 saturated heterocycles. The predicted molar refractivity (Wildman–Crippen MR) is 49.0 cm³/mol. The second-order valence-electron chi connectivity index (χ2n) is 4.20. The molecule has 0 aliphatic carbocycles. The first-order chi connectivity index (χ1) is 6.79. The van der Waals surface area contributed by atoms with E-state index in [2.05, 4.69) is 0 Å². The summed E-state index contributed by atoms with van der Waals surface area (Å²) in [6.07, 6.45) is 0. The van der Waals surface area contributed by atoms with Crippen LogP contribution in [0.25, 0.3) is 0 Å². The molecule has 0 unspecified atom stereocenters. The molecule has 96 valence electrons. The quantitative estimate of drug-likeness (QED) is 0.793. The van der Waals surface area contributed by atoms with Gasteiger partial charge in [0.25, 0.3) is 0 Å². The lowest BCUT2D eigenvalue weighted by molar-refractivity contribution is -0.141. The Labute approximate surface area is 90.7 Å². The van der Waals surface area contributed by atoms with Crippen LogP contribution >= 0.6 is 0 Å². The minimum Gasteiger partial charge on any atom is -0.480 e. The predicted octanol–water partition coefficient (Wildman–Crippen LogP) is 0.925. The van der Waals surface area contributed by atoms with E-state index in [4.69, 9.17) is 5.11 Å². The van der Waals surface area contributed by atoms with Gasteiger partial charge < -0.3 is 5.11 Å². The lowest BCUT2D eigenvalue weighted by atomic mass is 9.88. The van der Waals surface area contributed by atoms with Crippen LogP contribution < -0.4 is 4.72 Å². The molecule has 0 heterocycles. The van der Waals surface area contributed by atoms with E-state index in [0.717, 1.165) is 4.72 Å². The summed E-state index contributed by atoms with van der Waals surface area (Å²) in [5.41, 5.74) is -6.70. The van der Waals surface area contributed by atoms with Crippen LogP contribution in [0.1, 0.15) is 20.8 Å². The summed E-state index contributed by atoms with van der Waals surface area (Å²) < 4.78 is 58.6. The van der Waals surface area contributed by atoms with E-state index in [1.54, 1.807) is 0 Å². The third-order valence-corrected chi connectivity index (χ3v) is 2.85. The number of carbonyl (C=O) groups is 1. The minimum absolute atomic E-state index is 1.12. The van der Waals surface area contributed by atoms with Gasteiger partial charge >= 0.3 is 21.5 Å². The maximum Gasteiger partial charge on any atom is 0.511 e. The number of carboxylic acid groups (broad SMARTS) is 1. The van der Waals surface area contributed by atoms with Crippen LogP contribution in [0.3, 0.4) is 0 Å². The summed E-state index contributed by atoms with van der Waals surface area (Å²) >= 11 is 0. The highest BCUT2D eigenvalue weighted by Gasteiger charge is 2.49. The Morgan fingerprint density at radius 3 is 1.81 bits per heavy atom. The number of alkyl halides is 3. The molecule has 2 N–H and O–H groups in total. The lowest BCUT2D eigenvalue weighted by Gasteiger charge is -2.27. The largest absolute Gasteiger partial charge is 0.511 e. The Hall–Kier alpha value is -0.830. The molecule has 0 radical (unpaired) electrons. The van der Waals surface area contributed by atoms with Crippen LogP contribution in [0.4, 0.5) is 13.2 Å². The number of rotatable bonds is 3. The SMILES string of the molecule is CC(C)(C)[C@H](NS(=O)(=O)C(F)(F)F)C(=O)O. The molecule has 0 aromatic heterocycles. The van der Waals surface area contributed by atoms with Gasteiger partial charge in [0.2, 0.25) is 0 Å². The summed E-state index contributed by atoms with van der Waals surface area (Å²) in [6.45, 7) is 3.93. The Bertz CT molecular complexity index is 368. The van der Waals surface area contributed by atoms with Gasteiger partial charge in [0.05, 0.1) is 0 Å². The molecule has 16 heavy (non-hydrogen) atoms. The second-order valence-corrected chi connectivity index (χ2v) is 5.91. The van der Waals surface area contributed by atoms with Crippen molar-refractivity contribution in [3.63, 3.8) is 0 Å². The van der Waals surface area contributed by atoms with Crippen LogP contribution in [0.15, 0.2) is 0 Å². The van der Waals surface area contributed by atoms with Crippen molar-refractivity contribution in [2.45, 2.75) is 32.3 Å². The summed E-state index contributed by atoms with van der Waals surface area (Å²) in [5.74, 6) is -1.67. The fraction of sp³-hybridized carbons (Fsp3) is 0.857. The molecular weight excluding hydrogens is 251 g/mol. The molecule has 0 rings (SSSR count). The third kappa shape index (κ3) is 3.63. The maximum absolute atomic E-state index is 12.0. The Morgan fingerprint density at radius 1 is 1.25 bits per heavy atom. The molecule has 1 atom stereocenters. The first kappa shape index (κ1) is 15.2. The van der Waals surface area contributed by atoms with Gasteiger partial charge in [0.1, 0.15) is 6.04 Å². The van der Waals surface area contributed by atoms with Gasteiger partial charge in [0.15, 0.2) is 0 Å². The highest BCUT2D eigenvalue weighted by Crippen LogP contribution is 2.26. The minimum atomic E-state index is -5.66. The molecule has 0 aliphatic heterocycles. The number of halogens is 3. The van der Waals surface area contributed by atoms with Crippen molar-refractivity contribution in [1.82, 2.24) is 4.72 Å². The Kier molecular flexibility index (Phi) is 3.99. The monoisotopic (exact) mass is 263 g/mol. The van der Waals surface area contributed by atoms with E-state index < -0.39 is 33.0 Å². The van der Waals surface area contributed by atoms with Crippen molar-refractivity contribution in [3.05, 3.63) is 0 Å². The maximum atomic E-state index is 12.0. The molecule has 0 aromatic rings. The molecule has 9 heteroatoms. The average Bonchev–Trinajstić information content (AvgIpc) is 1.95. The van der Waals surface area contributed by atoms with Crippen molar-refractivity contribution in [3.8, 4) is 0 Å². The van der Waals surface area contributed by atoms with Crippen LogP contribution in [-0.2, 0) is 14.8 Å². The number of carboxylic acids is 1. The molecular formula is C7H12F3NO4S. The summed E-state index contributed by atoms with van der Waals surface area (Å²) in [4.78, 5) is 10.7. The van der Waals surface area contributed by atoms with Gasteiger partial charge in [-0.25, -0.2) is 8.42 Å². The number of aliphatic carboxylic acids is 1. The summed E-state index contributed by atoms with van der Waals surface area (Å²) in [7, 11) is -5.66. The zero-order valence-corrected chi connectivity index (χ0v) is 9.61. The fourth-order valence-corrected chi connectivity index (χ4v) is 1.72. The second kappa shape index (κ2) is 4.21. The van der Waals surface area contributed by atoms with Gasteiger partial charge in [0, 0.05) is 0 Å². The van der Waals surface area contributed by atoms with Crippen molar-refractivity contribution >= 4 is 16.0 Å². The third-order valence-electron chi connectivity index (χ3n) is 1.69. The standard InChI is InChI=1S/C7H12F3NO4S/c1-6(2,3)4(5(12)13)11-16(14,15)7(8,9)10/h4,11H,1-3H3,(H,12,13)/t4-/m1/s1. The van der Waals surface area contributed by atoms with Gasteiger partial charge in [-0.3, -0.25) is 4.79 Å². The number of nitrogens with one attached hydrogen (secondary N) is 1. The average molecular weight is 263 g/mol. The van der Waals surface area contributed by atoms with Gasteiger partial charge in [-0.15, -0.1) is 0 Å². The summed E-state index contributed by atoms with van der Waals surface area (Å²) in [6, 6.07) is -1.85. The summed E-state index contributed by atoms with van der Waals surface area (Å²) in [5, 5.41) is 8.64. The molecule has 0 saturated carbocycles. The molecule has 0 amide bonds. The topological polar surface area (TPSA) is 83.5 Å². The lowest BCUT2D eigenvalue weighted by Crippen LogP contribution is -2.52. The van der Waals surface area contributed by atoms with E-state index in [-0.39, 0.29) is 0 Å². The van der Waals surface area contributed by atoms with Crippen LogP contribution in [0, 0.1) is 5.41 Å². The van der Waals surface area contributed by atoms with Crippen molar-refractivity contribution < 1.29 is 31.5 Å². The fourth-order valence-electron chi connectivity index (χ4n) is 0.820. The van der Waals surface area contributed by atoms with E-state index >= 15 is 0 Å².